The van der Waals surface area contributed by atoms with E-state index in [1.165, 1.54) is 23.0 Å². The summed E-state index contributed by atoms with van der Waals surface area (Å²) in [6, 6.07) is 19.5. The zero-order chi connectivity index (χ0) is 21.6. The molecule has 3 nitrogen and oxygen atoms in total. The quantitative estimate of drug-likeness (QED) is 0.401. The van der Waals surface area contributed by atoms with E-state index in [2.05, 4.69) is 40.1 Å². The number of aryl methyl sites for hydroxylation is 1. The lowest BCUT2D eigenvalue weighted by molar-refractivity contribution is 0.106. The summed E-state index contributed by atoms with van der Waals surface area (Å²) >= 11 is 7.67. The van der Waals surface area contributed by atoms with Crippen LogP contribution >= 0.6 is 22.9 Å². The first-order chi connectivity index (χ1) is 15.1. The molecular weight excluding hydrogens is 431 g/mol. The zero-order valence-electron chi connectivity index (χ0n) is 17.8. The largest absolute Gasteiger partial charge is 0.482 e. The average molecular weight is 459 g/mol. The van der Waals surface area contributed by atoms with Crippen molar-refractivity contribution in [2.75, 3.05) is 32.7 Å². The summed E-state index contributed by atoms with van der Waals surface area (Å²) in [5.41, 5.74) is 2.34. The predicted octanol–water partition coefficient (Wildman–Crippen LogP) is 6.18. The molecule has 0 aliphatic carbocycles. The lowest BCUT2D eigenvalue weighted by Crippen LogP contribution is -2.46. The van der Waals surface area contributed by atoms with E-state index in [4.69, 9.17) is 16.3 Å². The molecule has 1 aliphatic rings. The van der Waals surface area contributed by atoms with Crippen LogP contribution in [-0.2, 0) is 6.54 Å². The fourth-order valence-corrected chi connectivity index (χ4v) is 5.05. The predicted molar refractivity (Wildman–Crippen MR) is 127 cm³/mol. The molecule has 1 aliphatic heterocycles. The first kappa shape index (κ1) is 22.3. The van der Waals surface area contributed by atoms with Gasteiger partial charge in [-0.05, 0) is 42.3 Å². The third-order valence-electron chi connectivity index (χ3n) is 5.69. The van der Waals surface area contributed by atoms with Gasteiger partial charge in [-0.1, -0.05) is 48.0 Å². The van der Waals surface area contributed by atoms with Crippen molar-refractivity contribution in [1.29, 1.82) is 0 Å². The molecule has 2 heterocycles. The molecule has 0 spiro atoms. The highest BCUT2D eigenvalue weighted by Crippen LogP contribution is 2.33. The monoisotopic (exact) mass is 458 g/mol. The number of benzene rings is 2. The van der Waals surface area contributed by atoms with Crippen LogP contribution in [0.15, 0.2) is 60.7 Å². The lowest BCUT2D eigenvalue weighted by atomic mass is 10.1. The summed E-state index contributed by atoms with van der Waals surface area (Å²) in [4.78, 5) is 6.01. The maximum absolute atomic E-state index is 14.3. The van der Waals surface area contributed by atoms with Crippen molar-refractivity contribution in [1.82, 2.24) is 9.80 Å². The van der Waals surface area contributed by atoms with Crippen LogP contribution in [0.2, 0.25) is 4.34 Å². The van der Waals surface area contributed by atoms with E-state index in [1.807, 2.05) is 19.1 Å². The molecule has 1 unspecified atom stereocenters. The van der Waals surface area contributed by atoms with E-state index in [9.17, 15) is 4.39 Å². The molecule has 0 saturated carbocycles. The van der Waals surface area contributed by atoms with Crippen LogP contribution in [-0.4, -0.2) is 42.5 Å². The summed E-state index contributed by atoms with van der Waals surface area (Å²) < 4.78 is 21.2. The maximum atomic E-state index is 14.3. The number of rotatable bonds is 8. The van der Waals surface area contributed by atoms with Crippen LogP contribution in [0.3, 0.4) is 0 Å². The van der Waals surface area contributed by atoms with E-state index in [-0.39, 0.29) is 11.9 Å². The molecule has 1 atom stereocenters. The van der Waals surface area contributed by atoms with E-state index in [0.29, 0.717) is 5.75 Å². The van der Waals surface area contributed by atoms with Gasteiger partial charge in [0.05, 0.1) is 4.34 Å². The van der Waals surface area contributed by atoms with E-state index in [0.717, 1.165) is 60.5 Å². The van der Waals surface area contributed by atoms with Gasteiger partial charge in [-0.15, -0.1) is 11.3 Å². The average Bonchev–Trinajstić information content (AvgIpc) is 3.21. The van der Waals surface area contributed by atoms with Gasteiger partial charge in [-0.2, -0.15) is 0 Å². The van der Waals surface area contributed by atoms with Crippen LogP contribution in [0.25, 0.3) is 0 Å². The Labute approximate surface area is 193 Å². The molecule has 3 aromatic rings. The van der Waals surface area contributed by atoms with Gasteiger partial charge in [0, 0.05) is 50.6 Å². The van der Waals surface area contributed by atoms with Crippen LogP contribution in [0.1, 0.15) is 28.5 Å². The molecular formula is C25H28ClFN2OS. The van der Waals surface area contributed by atoms with Crippen molar-refractivity contribution in [3.05, 3.63) is 86.8 Å². The van der Waals surface area contributed by atoms with Gasteiger partial charge in [0.25, 0.3) is 0 Å². The molecule has 1 aromatic heterocycles. The lowest BCUT2D eigenvalue weighted by Gasteiger charge is -2.35. The second-order valence-electron chi connectivity index (χ2n) is 8.07. The summed E-state index contributed by atoms with van der Waals surface area (Å²) in [5, 5.41) is 0. The van der Waals surface area contributed by atoms with E-state index in [1.54, 1.807) is 12.1 Å². The van der Waals surface area contributed by atoms with Gasteiger partial charge in [0.1, 0.15) is 6.10 Å². The smallest absolute Gasteiger partial charge is 0.165 e. The Morgan fingerprint density at radius 1 is 1.00 bits per heavy atom. The Morgan fingerprint density at radius 3 is 2.45 bits per heavy atom. The summed E-state index contributed by atoms with van der Waals surface area (Å²) in [7, 11) is 0. The third-order valence-corrected chi connectivity index (χ3v) is 7.01. The van der Waals surface area contributed by atoms with Gasteiger partial charge >= 0.3 is 0 Å². The number of halogens is 2. The zero-order valence-corrected chi connectivity index (χ0v) is 19.3. The Bertz CT molecular complexity index is 973. The Kier molecular flexibility index (Phi) is 7.62. The molecule has 0 bridgehead atoms. The molecule has 0 amide bonds. The number of nitrogens with zero attached hydrogens (tertiary/aromatic N) is 2. The highest BCUT2D eigenvalue weighted by molar-refractivity contribution is 7.16. The standard InChI is InChI=1S/C25H28ClFN2OS/c1-19-7-8-21(27)23(17-19)30-22(24-9-10-25(26)31-24)11-12-28-13-15-29(16-14-28)18-20-5-3-2-4-6-20/h2-10,17,22H,11-16,18H2,1H3. The van der Waals surface area contributed by atoms with Gasteiger partial charge in [-0.3, -0.25) is 4.90 Å². The van der Waals surface area contributed by atoms with Crippen molar-refractivity contribution in [2.45, 2.75) is 26.0 Å². The Morgan fingerprint density at radius 2 is 1.74 bits per heavy atom. The molecule has 0 radical (unpaired) electrons. The normalized spacial score (nSPS) is 16.4. The highest BCUT2D eigenvalue weighted by Gasteiger charge is 2.22. The Balaban J connectivity index is 1.34. The molecule has 1 fully saturated rings. The van der Waals surface area contributed by atoms with Crippen LogP contribution in [0.5, 0.6) is 5.75 Å². The molecule has 1 saturated heterocycles. The highest BCUT2D eigenvalue weighted by atomic mass is 35.5. The minimum atomic E-state index is -0.326. The number of thiophene rings is 1. The molecule has 31 heavy (non-hydrogen) atoms. The van der Waals surface area contributed by atoms with Crippen LogP contribution in [0, 0.1) is 12.7 Å². The SMILES string of the molecule is Cc1ccc(F)c(OC(CCN2CCN(Cc3ccccc3)CC2)c2ccc(Cl)s2)c1. The number of hydrogen-bond acceptors (Lipinski definition) is 4. The van der Waals surface area contributed by atoms with E-state index < -0.39 is 0 Å². The topological polar surface area (TPSA) is 15.7 Å². The molecule has 4 rings (SSSR count). The first-order valence-electron chi connectivity index (χ1n) is 10.7. The third kappa shape index (κ3) is 6.30. The van der Waals surface area contributed by atoms with Crippen molar-refractivity contribution >= 4 is 22.9 Å². The maximum Gasteiger partial charge on any atom is 0.165 e. The Hall–Kier alpha value is -1.92. The van der Waals surface area contributed by atoms with Gasteiger partial charge < -0.3 is 9.64 Å². The van der Waals surface area contributed by atoms with Gasteiger partial charge in [-0.25, -0.2) is 4.39 Å². The fraction of sp³-hybridized carbons (Fsp3) is 0.360. The summed E-state index contributed by atoms with van der Waals surface area (Å²) in [6.45, 7) is 8.02. The fourth-order valence-electron chi connectivity index (χ4n) is 3.93. The summed E-state index contributed by atoms with van der Waals surface area (Å²) in [6.07, 6.45) is 0.583. The number of hydrogen-bond donors (Lipinski definition) is 0. The minimum Gasteiger partial charge on any atom is -0.482 e. The first-order valence-corrected chi connectivity index (χ1v) is 11.9. The van der Waals surface area contributed by atoms with E-state index >= 15 is 0 Å². The molecule has 0 N–H and O–H groups in total. The number of ether oxygens (including phenoxy) is 1. The molecule has 6 heteroatoms. The summed E-state index contributed by atoms with van der Waals surface area (Å²) in [5.74, 6) is -0.0185. The second kappa shape index (κ2) is 10.6. The molecule has 164 valence electrons. The van der Waals surface area contributed by atoms with Gasteiger partial charge in [0.2, 0.25) is 0 Å². The van der Waals surface area contributed by atoms with Crippen LogP contribution in [0.4, 0.5) is 4.39 Å². The van der Waals surface area contributed by atoms with Gasteiger partial charge in [0.15, 0.2) is 11.6 Å². The van der Waals surface area contributed by atoms with Crippen molar-refractivity contribution in [3.8, 4) is 5.75 Å². The van der Waals surface area contributed by atoms with Crippen molar-refractivity contribution in [2.24, 2.45) is 0 Å². The minimum absolute atomic E-state index is 0.212. The van der Waals surface area contributed by atoms with Crippen LogP contribution < -0.4 is 4.74 Å². The number of piperazine rings is 1. The second-order valence-corrected chi connectivity index (χ2v) is 9.82. The van der Waals surface area contributed by atoms with Crippen molar-refractivity contribution in [3.63, 3.8) is 0 Å². The molecule has 2 aromatic carbocycles. The van der Waals surface area contributed by atoms with Crippen molar-refractivity contribution < 1.29 is 9.13 Å².